The number of guanidine groups is 1. The summed E-state index contributed by atoms with van der Waals surface area (Å²) in [6, 6.07) is 0.928. The number of aliphatic imine (C=N–C) groups is 1. The highest BCUT2D eigenvalue weighted by Crippen LogP contribution is 2.31. The maximum atomic E-state index is 4.38. The Bertz CT molecular complexity index is 372. The summed E-state index contributed by atoms with van der Waals surface area (Å²) < 4.78 is 0. The summed E-state index contributed by atoms with van der Waals surface area (Å²) in [7, 11) is 1.89. The lowest BCUT2D eigenvalue weighted by molar-refractivity contribution is 0.314. The van der Waals surface area contributed by atoms with E-state index in [0.29, 0.717) is 0 Å². The van der Waals surface area contributed by atoms with Crippen molar-refractivity contribution in [1.82, 2.24) is 15.5 Å². The van der Waals surface area contributed by atoms with Crippen molar-refractivity contribution in [2.45, 2.75) is 70.3 Å². The zero-order chi connectivity index (χ0) is 15.9. The van der Waals surface area contributed by atoms with Crippen LogP contribution in [-0.2, 0) is 0 Å². The molecule has 2 N–H and O–H groups in total. The Hall–Kier alpha value is -0.770. The maximum Gasteiger partial charge on any atom is 0.190 e. The molecule has 1 aliphatic heterocycles. The standard InChI is InChI=1S/C19H36N4/c1-20-19(21-12-5-8-16-6-3-2-4-7-16)22-14-17-11-13-23(15-17)18-9-10-18/h16-18H,2-15H2,1H3,(H2,20,21,22). The molecule has 1 atom stereocenters. The summed E-state index contributed by atoms with van der Waals surface area (Å²) in [5, 5.41) is 7.05. The molecule has 4 nitrogen and oxygen atoms in total. The third-order valence-electron chi connectivity index (χ3n) is 5.97. The fourth-order valence-corrected chi connectivity index (χ4v) is 4.34. The van der Waals surface area contributed by atoms with Gasteiger partial charge in [-0.25, -0.2) is 0 Å². The fraction of sp³-hybridized carbons (Fsp3) is 0.947. The highest BCUT2D eigenvalue weighted by atomic mass is 15.2. The summed E-state index contributed by atoms with van der Waals surface area (Å²) in [5.41, 5.74) is 0. The van der Waals surface area contributed by atoms with Crippen molar-refractivity contribution in [3.05, 3.63) is 0 Å². The van der Waals surface area contributed by atoms with Crippen LogP contribution < -0.4 is 10.6 Å². The van der Waals surface area contributed by atoms with Gasteiger partial charge in [-0.2, -0.15) is 0 Å². The van der Waals surface area contributed by atoms with Gasteiger partial charge in [-0.3, -0.25) is 4.99 Å². The molecule has 3 aliphatic rings. The summed E-state index contributed by atoms with van der Waals surface area (Å²) in [5.74, 6) is 2.79. The van der Waals surface area contributed by atoms with Crippen molar-refractivity contribution < 1.29 is 0 Å². The molecule has 2 aliphatic carbocycles. The number of hydrogen-bond donors (Lipinski definition) is 2. The molecule has 0 bridgehead atoms. The van der Waals surface area contributed by atoms with Gasteiger partial charge < -0.3 is 15.5 Å². The normalized spacial score (nSPS) is 27.3. The van der Waals surface area contributed by atoms with Crippen LogP contribution in [0.15, 0.2) is 4.99 Å². The predicted octanol–water partition coefficient (Wildman–Crippen LogP) is 3.00. The Morgan fingerprint density at radius 3 is 2.57 bits per heavy atom. The van der Waals surface area contributed by atoms with Crippen LogP contribution in [0.25, 0.3) is 0 Å². The molecular formula is C19H36N4. The quantitative estimate of drug-likeness (QED) is 0.430. The lowest BCUT2D eigenvalue weighted by Gasteiger charge is -2.21. The molecule has 0 amide bonds. The van der Waals surface area contributed by atoms with E-state index in [9.17, 15) is 0 Å². The lowest BCUT2D eigenvalue weighted by Crippen LogP contribution is -2.40. The molecule has 3 fully saturated rings. The van der Waals surface area contributed by atoms with Crippen LogP contribution in [0.3, 0.4) is 0 Å². The van der Waals surface area contributed by atoms with E-state index in [0.717, 1.165) is 36.9 Å². The van der Waals surface area contributed by atoms with Gasteiger partial charge in [0.05, 0.1) is 0 Å². The van der Waals surface area contributed by atoms with E-state index in [2.05, 4.69) is 20.5 Å². The molecule has 0 radical (unpaired) electrons. The Kier molecular flexibility index (Phi) is 6.61. The first-order valence-corrected chi connectivity index (χ1v) is 10.0. The zero-order valence-corrected chi connectivity index (χ0v) is 15.0. The molecular weight excluding hydrogens is 284 g/mol. The SMILES string of the molecule is CN=C(NCCCC1CCCCC1)NCC1CCN(C2CC2)C1. The monoisotopic (exact) mass is 320 g/mol. The molecule has 0 spiro atoms. The smallest absolute Gasteiger partial charge is 0.190 e. The van der Waals surface area contributed by atoms with Crippen LogP contribution >= 0.6 is 0 Å². The fourth-order valence-electron chi connectivity index (χ4n) is 4.34. The van der Waals surface area contributed by atoms with Crippen molar-refractivity contribution in [3.63, 3.8) is 0 Å². The molecule has 23 heavy (non-hydrogen) atoms. The summed E-state index contributed by atoms with van der Waals surface area (Å²) in [6.45, 7) is 4.74. The summed E-state index contributed by atoms with van der Waals surface area (Å²) in [6.07, 6.45) is 14.2. The summed E-state index contributed by atoms with van der Waals surface area (Å²) >= 11 is 0. The van der Waals surface area contributed by atoms with Crippen molar-refractivity contribution >= 4 is 5.96 Å². The predicted molar refractivity (Wildman–Crippen MR) is 97.9 cm³/mol. The van der Waals surface area contributed by atoms with E-state index >= 15 is 0 Å². The van der Waals surface area contributed by atoms with Crippen LogP contribution in [0.4, 0.5) is 0 Å². The lowest BCUT2D eigenvalue weighted by atomic mass is 9.86. The molecule has 1 saturated heterocycles. The van der Waals surface area contributed by atoms with Crippen molar-refractivity contribution in [2.24, 2.45) is 16.8 Å². The van der Waals surface area contributed by atoms with E-state index in [1.54, 1.807) is 0 Å². The highest BCUT2D eigenvalue weighted by molar-refractivity contribution is 5.79. The minimum absolute atomic E-state index is 0.802. The van der Waals surface area contributed by atoms with E-state index in [4.69, 9.17) is 0 Å². The van der Waals surface area contributed by atoms with Crippen molar-refractivity contribution in [2.75, 3.05) is 33.2 Å². The molecule has 1 heterocycles. The van der Waals surface area contributed by atoms with Crippen LogP contribution in [0.1, 0.15) is 64.2 Å². The Labute approximate surface area is 142 Å². The second-order valence-electron chi connectivity index (χ2n) is 7.91. The molecule has 132 valence electrons. The van der Waals surface area contributed by atoms with Crippen molar-refractivity contribution in [1.29, 1.82) is 0 Å². The minimum atomic E-state index is 0.802. The first kappa shape index (κ1) is 17.1. The van der Waals surface area contributed by atoms with Crippen LogP contribution in [0.5, 0.6) is 0 Å². The van der Waals surface area contributed by atoms with Gasteiger partial charge in [0.1, 0.15) is 0 Å². The Morgan fingerprint density at radius 2 is 1.83 bits per heavy atom. The van der Waals surface area contributed by atoms with Crippen molar-refractivity contribution in [3.8, 4) is 0 Å². The van der Waals surface area contributed by atoms with Gasteiger partial charge in [0, 0.05) is 32.7 Å². The topological polar surface area (TPSA) is 39.7 Å². The minimum Gasteiger partial charge on any atom is -0.356 e. The summed E-state index contributed by atoms with van der Waals surface area (Å²) in [4.78, 5) is 7.07. The van der Waals surface area contributed by atoms with Gasteiger partial charge >= 0.3 is 0 Å². The van der Waals surface area contributed by atoms with E-state index in [1.165, 1.54) is 77.3 Å². The molecule has 4 heteroatoms. The highest BCUT2D eigenvalue weighted by Gasteiger charge is 2.34. The van der Waals surface area contributed by atoms with Gasteiger partial charge in [0.25, 0.3) is 0 Å². The van der Waals surface area contributed by atoms with Gasteiger partial charge in [0.15, 0.2) is 5.96 Å². The molecule has 1 unspecified atom stereocenters. The molecule has 0 aromatic heterocycles. The average Bonchev–Trinajstić information content (AvgIpc) is 3.34. The van der Waals surface area contributed by atoms with Gasteiger partial charge in [0.2, 0.25) is 0 Å². The van der Waals surface area contributed by atoms with Crippen LogP contribution in [-0.4, -0.2) is 50.1 Å². The number of hydrogen-bond acceptors (Lipinski definition) is 2. The average molecular weight is 321 g/mol. The third-order valence-corrected chi connectivity index (χ3v) is 5.97. The largest absolute Gasteiger partial charge is 0.356 e. The second kappa shape index (κ2) is 8.91. The molecule has 3 rings (SSSR count). The maximum absolute atomic E-state index is 4.38. The Morgan fingerprint density at radius 1 is 1.00 bits per heavy atom. The number of likely N-dealkylation sites (tertiary alicyclic amines) is 1. The van der Waals surface area contributed by atoms with Gasteiger partial charge in [-0.05, 0) is 50.5 Å². The third kappa shape index (κ3) is 5.66. The van der Waals surface area contributed by atoms with Gasteiger partial charge in [-0.15, -0.1) is 0 Å². The number of nitrogens with zero attached hydrogens (tertiary/aromatic N) is 2. The molecule has 2 saturated carbocycles. The number of rotatable bonds is 7. The van der Waals surface area contributed by atoms with E-state index in [-0.39, 0.29) is 0 Å². The van der Waals surface area contributed by atoms with E-state index in [1.807, 2.05) is 7.05 Å². The first-order chi connectivity index (χ1) is 11.3. The molecule has 0 aromatic rings. The first-order valence-electron chi connectivity index (χ1n) is 10.0. The van der Waals surface area contributed by atoms with Gasteiger partial charge in [-0.1, -0.05) is 32.1 Å². The number of nitrogens with one attached hydrogen (secondary N) is 2. The van der Waals surface area contributed by atoms with Crippen LogP contribution in [0, 0.1) is 11.8 Å². The van der Waals surface area contributed by atoms with E-state index < -0.39 is 0 Å². The zero-order valence-electron chi connectivity index (χ0n) is 15.0. The Balaban J connectivity index is 1.25. The molecule has 0 aromatic carbocycles. The van der Waals surface area contributed by atoms with Crippen LogP contribution in [0.2, 0.25) is 0 Å². The second-order valence-corrected chi connectivity index (χ2v) is 7.91.